The molecule has 212 valence electrons. The molecule has 0 saturated heterocycles. The molecule has 5 rings (SSSR count). The first-order valence-electron chi connectivity index (χ1n) is 14.0. The zero-order valence-corrected chi connectivity index (χ0v) is 22.9. The minimum absolute atomic E-state index is 0.0558. The Morgan fingerprint density at radius 3 is 2.55 bits per heavy atom. The molecular weight excluding hydrogens is 519 g/mol. The highest BCUT2D eigenvalue weighted by Gasteiger charge is 2.47. The predicted octanol–water partition coefficient (Wildman–Crippen LogP) is 6.43. The third kappa shape index (κ3) is 5.44. The van der Waals surface area contributed by atoms with E-state index in [1.165, 1.54) is 12.1 Å². The van der Waals surface area contributed by atoms with E-state index in [1.807, 2.05) is 0 Å². The van der Waals surface area contributed by atoms with Gasteiger partial charge in [0.05, 0.1) is 28.5 Å². The first kappa shape index (κ1) is 28.1. The van der Waals surface area contributed by atoms with E-state index in [0.717, 1.165) is 38.2 Å². The van der Waals surface area contributed by atoms with Gasteiger partial charge >= 0.3 is 0 Å². The SMILES string of the molecule is Cc1nc2c3cc(C4(C#N)CC4)c(=O)n(c3n1)CCCCCCCCOCC(F)(F)c1cccc(c1F)[C@@H](C)N2. The Balaban J connectivity index is 1.63. The molecule has 0 spiro atoms. The van der Waals surface area contributed by atoms with Crippen LogP contribution in [0.15, 0.2) is 29.1 Å². The van der Waals surface area contributed by atoms with Crippen molar-refractivity contribution >= 4 is 16.9 Å². The van der Waals surface area contributed by atoms with Crippen molar-refractivity contribution in [3.63, 3.8) is 0 Å². The Bertz CT molecular complexity index is 1510. The van der Waals surface area contributed by atoms with Crippen molar-refractivity contribution < 1.29 is 17.9 Å². The lowest BCUT2D eigenvalue weighted by atomic mass is 9.97. The Labute approximate surface area is 231 Å². The van der Waals surface area contributed by atoms with Gasteiger partial charge in [0.25, 0.3) is 11.5 Å². The van der Waals surface area contributed by atoms with E-state index in [1.54, 1.807) is 24.5 Å². The van der Waals surface area contributed by atoms with Gasteiger partial charge in [0.1, 0.15) is 29.7 Å². The van der Waals surface area contributed by atoms with Gasteiger partial charge in [-0.2, -0.15) is 14.0 Å². The fourth-order valence-corrected chi connectivity index (χ4v) is 5.49. The lowest BCUT2D eigenvalue weighted by Gasteiger charge is -2.23. The maximum atomic E-state index is 15.6. The first-order valence-corrected chi connectivity index (χ1v) is 14.0. The number of fused-ring (bicyclic) bond motifs is 2. The van der Waals surface area contributed by atoms with Gasteiger partial charge in [-0.15, -0.1) is 0 Å². The zero-order valence-electron chi connectivity index (χ0n) is 22.9. The van der Waals surface area contributed by atoms with E-state index in [0.29, 0.717) is 54.0 Å². The lowest BCUT2D eigenvalue weighted by Crippen LogP contribution is -2.29. The molecule has 1 aromatic carbocycles. The van der Waals surface area contributed by atoms with Crippen LogP contribution in [0.1, 0.15) is 86.8 Å². The van der Waals surface area contributed by atoms with Crippen LogP contribution in [-0.4, -0.2) is 27.7 Å². The third-order valence-electron chi connectivity index (χ3n) is 7.98. The normalized spacial score (nSPS) is 21.4. The number of pyridine rings is 1. The van der Waals surface area contributed by atoms with Gasteiger partial charge in [-0.25, -0.2) is 14.4 Å². The molecule has 1 aliphatic heterocycles. The number of alkyl halides is 2. The van der Waals surface area contributed by atoms with Crippen LogP contribution >= 0.6 is 0 Å². The summed E-state index contributed by atoms with van der Waals surface area (Å²) in [6.45, 7) is 3.12. The monoisotopic (exact) mass is 553 g/mol. The number of nitriles is 1. The number of rotatable bonds is 1. The number of ether oxygens (including phenoxy) is 1. The second kappa shape index (κ2) is 11.2. The Kier molecular flexibility index (Phi) is 7.87. The summed E-state index contributed by atoms with van der Waals surface area (Å²) in [5, 5.41) is 13.6. The predicted molar refractivity (Wildman–Crippen MR) is 146 cm³/mol. The van der Waals surface area contributed by atoms with E-state index < -0.39 is 35.4 Å². The van der Waals surface area contributed by atoms with Crippen LogP contribution in [0.4, 0.5) is 19.0 Å². The van der Waals surface area contributed by atoms with Crippen LogP contribution in [0.25, 0.3) is 11.0 Å². The maximum absolute atomic E-state index is 15.6. The van der Waals surface area contributed by atoms with Crippen LogP contribution in [0.3, 0.4) is 0 Å². The summed E-state index contributed by atoms with van der Waals surface area (Å²) in [6.07, 6.45) is 6.16. The quantitative estimate of drug-likeness (QED) is 0.373. The largest absolute Gasteiger partial charge is 0.375 e. The highest BCUT2D eigenvalue weighted by Crippen LogP contribution is 2.47. The van der Waals surface area contributed by atoms with Crippen LogP contribution in [0.5, 0.6) is 0 Å². The standard InChI is InChI=1S/C30H34F3N5O2/c1-19-21-10-9-11-23(25(21)31)30(32,33)18-40-15-8-6-4-3-5-7-14-38-27-22(26(35-19)36-20(2)37-27)16-24(28(38)39)29(17-34)12-13-29/h9-11,16,19H,3-8,12-15,18H2,1-2H3,(H,35,36,37)/t19-/m1/s1. The fourth-order valence-electron chi connectivity index (χ4n) is 5.49. The van der Waals surface area contributed by atoms with Crippen LogP contribution in [0, 0.1) is 24.1 Å². The van der Waals surface area contributed by atoms with Gasteiger partial charge < -0.3 is 10.1 Å². The highest BCUT2D eigenvalue weighted by atomic mass is 19.3. The highest BCUT2D eigenvalue weighted by molar-refractivity contribution is 5.88. The number of benzene rings is 1. The topological polar surface area (TPSA) is 92.8 Å². The van der Waals surface area contributed by atoms with E-state index in [9.17, 15) is 18.8 Å². The molecule has 7 nitrogen and oxygen atoms in total. The number of hydrogen-bond donors (Lipinski definition) is 1. The molecule has 0 amide bonds. The molecular formula is C30H34F3N5O2. The Morgan fingerprint density at radius 1 is 1.10 bits per heavy atom. The van der Waals surface area contributed by atoms with Gasteiger partial charge in [0.15, 0.2) is 0 Å². The van der Waals surface area contributed by atoms with Crippen LogP contribution < -0.4 is 10.9 Å². The van der Waals surface area contributed by atoms with Crippen molar-refractivity contribution in [2.75, 3.05) is 18.5 Å². The van der Waals surface area contributed by atoms with Gasteiger partial charge in [-0.3, -0.25) is 9.36 Å². The second-order valence-electron chi connectivity index (χ2n) is 11.0. The van der Waals surface area contributed by atoms with E-state index >= 15 is 4.39 Å². The van der Waals surface area contributed by atoms with Crippen LogP contribution in [-0.2, 0) is 22.6 Å². The lowest BCUT2D eigenvalue weighted by molar-refractivity contribution is -0.0853. The molecule has 10 heteroatoms. The third-order valence-corrected chi connectivity index (χ3v) is 7.98. The molecule has 2 aliphatic rings. The molecule has 3 aromatic rings. The molecule has 1 N–H and O–H groups in total. The van der Waals surface area contributed by atoms with E-state index in [-0.39, 0.29) is 17.7 Å². The molecule has 1 atom stereocenters. The fraction of sp³-hybridized carbons (Fsp3) is 0.533. The van der Waals surface area contributed by atoms with Crippen molar-refractivity contribution in [3.05, 3.63) is 63.0 Å². The summed E-state index contributed by atoms with van der Waals surface area (Å²) >= 11 is 0. The van der Waals surface area contributed by atoms with Crippen molar-refractivity contribution in [1.82, 2.24) is 14.5 Å². The molecule has 0 unspecified atom stereocenters. The van der Waals surface area contributed by atoms with Crippen molar-refractivity contribution in [2.24, 2.45) is 0 Å². The van der Waals surface area contributed by atoms with Crippen molar-refractivity contribution in [2.45, 2.75) is 89.1 Å². The summed E-state index contributed by atoms with van der Waals surface area (Å²) in [7, 11) is 0. The number of halogens is 3. The van der Waals surface area contributed by atoms with Gasteiger partial charge in [-0.1, -0.05) is 37.8 Å². The average Bonchev–Trinajstić information content (AvgIpc) is 3.71. The Morgan fingerprint density at radius 2 is 1.82 bits per heavy atom. The number of aromatic nitrogens is 3. The second-order valence-corrected chi connectivity index (χ2v) is 11.0. The number of hydrogen-bond acceptors (Lipinski definition) is 6. The summed E-state index contributed by atoms with van der Waals surface area (Å²) in [5.41, 5.74) is -0.845. The molecule has 1 saturated carbocycles. The molecule has 0 radical (unpaired) electrons. The van der Waals surface area contributed by atoms with Gasteiger partial charge in [0.2, 0.25) is 0 Å². The molecule has 40 heavy (non-hydrogen) atoms. The van der Waals surface area contributed by atoms with Crippen molar-refractivity contribution in [3.8, 4) is 6.07 Å². The van der Waals surface area contributed by atoms with E-state index in [4.69, 9.17) is 4.74 Å². The van der Waals surface area contributed by atoms with Gasteiger partial charge in [-0.05, 0) is 51.7 Å². The molecule has 3 heterocycles. The summed E-state index contributed by atoms with van der Waals surface area (Å²) in [6, 6.07) is 7.23. The number of nitrogens with one attached hydrogen (secondary N) is 1. The average molecular weight is 554 g/mol. The molecule has 2 aromatic heterocycles. The minimum atomic E-state index is -3.49. The molecule has 1 fully saturated rings. The number of nitrogens with zero attached hydrogens (tertiary/aromatic N) is 4. The van der Waals surface area contributed by atoms with Crippen molar-refractivity contribution in [1.29, 1.82) is 5.26 Å². The Hall–Kier alpha value is -3.45. The maximum Gasteiger partial charge on any atom is 0.298 e. The number of aryl methyl sites for hydroxylation is 2. The summed E-state index contributed by atoms with van der Waals surface area (Å²) in [4.78, 5) is 22.8. The minimum Gasteiger partial charge on any atom is -0.375 e. The smallest absolute Gasteiger partial charge is 0.298 e. The molecule has 1 aliphatic carbocycles. The van der Waals surface area contributed by atoms with E-state index in [2.05, 4.69) is 21.4 Å². The summed E-state index contributed by atoms with van der Waals surface area (Å²) < 4.78 is 52.4. The number of anilines is 1. The van der Waals surface area contributed by atoms with Gasteiger partial charge in [0, 0.05) is 24.3 Å². The molecule has 6 bridgehead atoms. The summed E-state index contributed by atoms with van der Waals surface area (Å²) in [5.74, 6) is -3.73. The van der Waals surface area contributed by atoms with Crippen LogP contribution in [0.2, 0.25) is 0 Å². The zero-order chi connectivity index (χ0) is 28.5. The first-order chi connectivity index (χ1) is 19.2.